The minimum absolute atomic E-state index is 0.290. The van der Waals surface area contributed by atoms with Crippen molar-refractivity contribution in [1.29, 1.82) is 0 Å². The molecular formula is C32H37BN2. The summed E-state index contributed by atoms with van der Waals surface area (Å²) in [4.78, 5) is 4.70. The monoisotopic (exact) mass is 460 g/mol. The Morgan fingerprint density at radius 3 is 2.57 bits per heavy atom. The van der Waals surface area contributed by atoms with Gasteiger partial charge in [-0.3, -0.25) is 4.98 Å². The van der Waals surface area contributed by atoms with E-state index in [0.29, 0.717) is 19.2 Å². The first kappa shape index (κ1) is 22.8. The van der Waals surface area contributed by atoms with Gasteiger partial charge in [-0.05, 0) is 69.9 Å². The van der Waals surface area contributed by atoms with Crippen molar-refractivity contribution in [3.63, 3.8) is 0 Å². The maximum atomic E-state index is 6.71. The zero-order valence-electron chi connectivity index (χ0n) is 21.9. The van der Waals surface area contributed by atoms with E-state index < -0.39 is 0 Å². The topological polar surface area (TPSA) is 38.9 Å². The van der Waals surface area contributed by atoms with Crippen LogP contribution < -0.4 is 11.2 Å². The van der Waals surface area contributed by atoms with Crippen molar-refractivity contribution in [2.45, 2.75) is 75.8 Å². The Balaban J connectivity index is 1.72. The zero-order chi connectivity index (χ0) is 24.8. The van der Waals surface area contributed by atoms with Crippen molar-refractivity contribution in [3.05, 3.63) is 100 Å². The number of nitrogens with two attached hydrogens (primary N) is 1. The highest BCUT2D eigenvalue weighted by Crippen LogP contribution is 2.73. The summed E-state index contributed by atoms with van der Waals surface area (Å²) in [6, 6.07) is 9.59. The zero-order valence-corrected chi connectivity index (χ0v) is 21.9. The maximum Gasteiger partial charge on any atom is 0.187 e. The van der Waals surface area contributed by atoms with Crippen LogP contribution in [0.1, 0.15) is 82.1 Å². The van der Waals surface area contributed by atoms with Gasteiger partial charge in [-0.25, -0.2) is 0 Å². The van der Waals surface area contributed by atoms with Gasteiger partial charge in [0.1, 0.15) is 0 Å². The smallest absolute Gasteiger partial charge is 0.187 e. The summed E-state index contributed by atoms with van der Waals surface area (Å²) in [5.41, 5.74) is 18.9. The quantitative estimate of drug-likeness (QED) is 0.515. The molecule has 1 saturated heterocycles. The van der Waals surface area contributed by atoms with E-state index in [4.69, 9.17) is 10.7 Å². The van der Waals surface area contributed by atoms with E-state index in [1.165, 1.54) is 50.0 Å². The largest absolute Gasteiger partial charge is 0.327 e. The Morgan fingerprint density at radius 1 is 1.14 bits per heavy atom. The van der Waals surface area contributed by atoms with Gasteiger partial charge in [-0.2, -0.15) is 0 Å². The van der Waals surface area contributed by atoms with Gasteiger partial charge in [0, 0.05) is 24.9 Å². The Kier molecular flexibility index (Phi) is 4.84. The molecule has 2 aromatic rings. The average Bonchev–Trinajstić information content (AvgIpc) is 3.13. The number of rotatable bonds is 4. The summed E-state index contributed by atoms with van der Waals surface area (Å²) in [6.07, 6.45) is 14.0. The maximum absolute atomic E-state index is 6.71. The summed E-state index contributed by atoms with van der Waals surface area (Å²) in [6.45, 7) is 17.3. The van der Waals surface area contributed by atoms with E-state index in [1.54, 1.807) is 0 Å². The Morgan fingerprint density at radius 2 is 1.91 bits per heavy atom. The molecule has 6 rings (SSSR count). The van der Waals surface area contributed by atoms with Crippen LogP contribution in [0.2, 0.25) is 10.6 Å². The SMILES string of the molecule is C=CC1=C(CN)C2(C3=C(C=CCC3)c3ccc(B4C(C)(C)C4(C)C)cc32)c2cnccc2C1CC. The summed E-state index contributed by atoms with van der Waals surface area (Å²) < 4.78 is 0. The van der Waals surface area contributed by atoms with Crippen LogP contribution in [-0.4, -0.2) is 18.2 Å². The standard InChI is InChI=1S/C32H37BN2/c1-7-21-22(8-2)28(18-34)32(29-19-35-16-15-25(21)29)26-12-10-9-11-23(26)24-14-13-20(17-27(24)32)33-30(3,4)31(33,5)6/h8-9,11,13-17,19,21H,2,7,10,12,18,34H2,1,3-6H3. The molecule has 2 N–H and O–H groups in total. The third-order valence-corrected chi connectivity index (χ3v) is 10.4. The molecule has 2 unspecified atom stereocenters. The third kappa shape index (κ3) is 2.63. The Labute approximate surface area is 211 Å². The summed E-state index contributed by atoms with van der Waals surface area (Å²) in [5.74, 6) is 0.311. The predicted octanol–water partition coefficient (Wildman–Crippen LogP) is 6.71. The molecule has 35 heavy (non-hydrogen) atoms. The fraction of sp³-hybridized carbons (Fsp3) is 0.406. The first-order valence-corrected chi connectivity index (χ1v) is 13.3. The molecular weight excluding hydrogens is 423 g/mol. The lowest BCUT2D eigenvalue weighted by Crippen LogP contribution is -2.41. The summed E-state index contributed by atoms with van der Waals surface area (Å²) >= 11 is 0. The highest BCUT2D eigenvalue weighted by atomic mass is 14.7. The van der Waals surface area contributed by atoms with Gasteiger partial charge in [0.15, 0.2) is 6.71 Å². The van der Waals surface area contributed by atoms with E-state index in [9.17, 15) is 0 Å². The van der Waals surface area contributed by atoms with Crippen LogP contribution in [0.4, 0.5) is 0 Å². The van der Waals surface area contributed by atoms with Crippen LogP contribution in [0.3, 0.4) is 0 Å². The minimum atomic E-state index is -0.345. The van der Waals surface area contributed by atoms with Gasteiger partial charge in [-0.1, -0.05) is 93.7 Å². The third-order valence-electron chi connectivity index (χ3n) is 10.4. The van der Waals surface area contributed by atoms with Crippen LogP contribution in [0.15, 0.2) is 78.2 Å². The van der Waals surface area contributed by atoms with Crippen LogP contribution in [0, 0.1) is 0 Å². The van der Waals surface area contributed by atoms with Crippen LogP contribution in [-0.2, 0) is 5.41 Å². The Bertz CT molecular complexity index is 1340. The van der Waals surface area contributed by atoms with Gasteiger partial charge >= 0.3 is 0 Å². The fourth-order valence-corrected chi connectivity index (χ4v) is 8.19. The first-order chi connectivity index (χ1) is 16.8. The lowest BCUT2D eigenvalue weighted by atomic mass is 9.51. The van der Waals surface area contributed by atoms with Crippen molar-refractivity contribution < 1.29 is 0 Å². The second-order valence-corrected chi connectivity index (χ2v) is 12.0. The second kappa shape index (κ2) is 7.43. The molecule has 1 aliphatic heterocycles. The highest BCUT2D eigenvalue weighted by molar-refractivity contribution is 6.89. The average molecular weight is 460 g/mol. The molecule has 4 aliphatic rings. The lowest BCUT2D eigenvalue weighted by molar-refractivity contribution is 0.596. The molecule has 1 aromatic heterocycles. The van der Waals surface area contributed by atoms with Gasteiger partial charge in [0.2, 0.25) is 0 Å². The Hall–Kier alpha value is -2.65. The normalized spacial score (nSPS) is 27.1. The number of nitrogens with zero attached hydrogens (tertiary/aromatic N) is 1. The number of allylic oxidation sites excluding steroid dienone is 6. The number of fused-ring (bicyclic) bond motifs is 6. The van der Waals surface area contributed by atoms with E-state index in [1.807, 2.05) is 6.20 Å². The summed E-state index contributed by atoms with van der Waals surface area (Å²) in [7, 11) is 0. The number of aromatic nitrogens is 1. The molecule has 0 amide bonds. The molecule has 2 heterocycles. The second-order valence-electron chi connectivity index (χ2n) is 12.0. The molecule has 1 fully saturated rings. The number of pyridine rings is 1. The number of hydrogen-bond acceptors (Lipinski definition) is 2. The van der Waals surface area contributed by atoms with Crippen LogP contribution in [0.25, 0.3) is 5.57 Å². The number of hydrogen-bond donors (Lipinski definition) is 1. The molecule has 2 atom stereocenters. The van der Waals surface area contributed by atoms with Crippen LogP contribution in [0.5, 0.6) is 0 Å². The highest BCUT2D eigenvalue weighted by Gasteiger charge is 2.68. The van der Waals surface area contributed by atoms with E-state index in [-0.39, 0.29) is 16.0 Å². The van der Waals surface area contributed by atoms with Crippen LogP contribution >= 0.6 is 0 Å². The fourth-order valence-electron chi connectivity index (χ4n) is 8.19. The van der Waals surface area contributed by atoms with E-state index >= 15 is 0 Å². The van der Waals surface area contributed by atoms with Crippen molar-refractivity contribution >= 4 is 17.7 Å². The van der Waals surface area contributed by atoms with E-state index in [0.717, 1.165) is 19.3 Å². The molecule has 178 valence electrons. The van der Waals surface area contributed by atoms with Crippen molar-refractivity contribution in [2.24, 2.45) is 5.73 Å². The van der Waals surface area contributed by atoms with Gasteiger partial charge in [-0.15, -0.1) is 0 Å². The van der Waals surface area contributed by atoms with Gasteiger partial charge in [0.25, 0.3) is 0 Å². The first-order valence-electron chi connectivity index (χ1n) is 13.3. The molecule has 3 heteroatoms. The van der Waals surface area contributed by atoms with Crippen molar-refractivity contribution in [1.82, 2.24) is 4.98 Å². The number of benzene rings is 1. The molecule has 3 aliphatic carbocycles. The van der Waals surface area contributed by atoms with E-state index in [2.05, 4.69) is 89.9 Å². The van der Waals surface area contributed by atoms with Gasteiger partial charge in [0.05, 0.1) is 5.41 Å². The summed E-state index contributed by atoms with van der Waals surface area (Å²) in [5, 5.41) is 0.580. The van der Waals surface area contributed by atoms with Crippen molar-refractivity contribution in [2.75, 3.05) is 6.54 Å². The van der Waals surface area contributed by atoms with Crippen molar-refractivity contribution in [3.8, 4) is 0 Å². The minimum Gasteiger partial charge on any atom is -0.327 e. The molecule has 0 saturated carbocycles. The lowest BCUT2D eigenvalue weighted by Gasteiger charge is -2.45. The van der Waals surface area contributed by atoms with Gasteiger partial charge < -0.3 is 5.73 Å². The predicted molar refractivity (Wildman–Crippen MR) is 150 cm³/mol. The molecule has 0 radical (unpaired) electrons. The molecule has 0 bridgehead atoms. The molecule has 1 spiro atoms. The molecule has 2 nitrogen and oxygen atoms in total. The molecule has 1 aromatic carbocycles.